The summed E-state index contributed by atoms with van der Waals surface area (Å²) in [5.74, 6) is -0.0189. The van der Waals surface area contributed by atoms with Gasteiger partial charge in [-0.25, -0.2) is 0 Å². The van der Waals surface area contributed by atoms with E-state index in [0.717, 1.165) is 0 Å². The molecule has 0 aliphatic rings. The van der Waals surface area contributed by atoms with Gasteiger partial charge in [0.05, 0.1) is 18.5 Å². The van der Waals surface area contributed by atoms with E-state index in [1.807, 2.05) is 25.8 Å². The summed E-state index contributed by atoms with van der Waals surface area (Å²) in [5, 5.41) is 11.2. The smallest absolute Gasteiger partial charge is 0.234 e. The number of hydrogen-bond acceptors (Lipinski definition) is 3. The molecule has 0 aliphatic heterocycles. The molecule has 0 radical (unpaired) electrons. The highest BCUT2D eigenvalue weighted by atomic mass is 16.1. The molecule has 0 rings (SSSR count). The predicted octanol–water partition coefficient (Wildman–Crippen LogP) is 0.214. The molecule has 1 atom stereocenters. The Morgan fingerprint density at radius 3 is 2.77 bits per heavy atom. The summed E-state index contributed by atoms with van der Waals surface area (Å²) in [7, 11) is 1.84. The van der Waals surface area contributed by atoms with Crippen molar-refractivity contribution in [1.29, 1.82) is 5.26 Å². The minimum Gasteiger partial charge on any atom is -0.355 e. The van der Waals surface area contributed by atoms with Crippen LogP contribution in [0.1, 0.15) is 13.8 Å². The van der Waals surface area contributed by atoms with E-state index in [9.17, 15) is 4.79 Å². The molecule has 0 heterocycles. The van der Waals surface area contributed by atoms with Crippen LogP contribution in [0, 0.1) is 17.2 Å². The van der Waals surface area contributed by atoms with Gasteiger partial charge >= 0.3 is 0 Å². The monoisotopic (exact) mass is 183 g/mol. The van der Waals surface area contributed by atoms with Gasteiger partial charge in [-0.05, 0) is 20.9 Å². The standard InChI is InChI=1S/C9H17N3O/c1-4-11-9(13)7-12(3)6-8(2)5-10/h8H,4,6-7H2,1-3H3,(H,11,13). The number of likely N-dealkylation sites (N-methyl/N-ethyl adjacent to an activating group) is 2. The summed E-state index contributed by atoms with van der Waals surface area (Å²) in [5.41, 5.74) is 0. The van der Waals surface area contributed by atoms with E-state index in [2.05, 4.69) is 11.4 Å². The van der Waals surface area contributed by atoms with E-state index >= 15 is 0 Å². The largest absolute Gasteiger partial charge is 0.355 e. The molecule has 0 fully saturated rings. The van der Waals surface area contributed by atoms with Gasteiger partial charge in [0, 0.05) is 13.1 Å². The number of carbonyl (C=O) groups excluding carboxylic acids is 1. The lowest BCUT2D eigenvalue weighted by molar-refractivity contribution is -0.121. The van der Waals surface area contributed by atoms with Crippen LogP contribution < -0.4 is 5.32 Å². The van der Waals surface area contributed by atoms with Crippen LogP contribution in [0.2, 0.25) is 0 Å². The van der Waals surface area contributed by atoms with Gasteiger partial charge in [0.1, 0.15) is 0 Å². The average molecular weight is 183 g/mol. The Morgan fingerprint density at radius 1 is 1.69 bits per heavy atom. The van der Waals surface area contributed by atoms with Crippen LogP contribution in [-0.2, 0) is 4.79 Å². The van der Waals surface area contributed by atoms with E-state index in [1.54, 1.807) is 0 Å². The first-order chi connectivity index (χ1) is 6.10. The highest BCUT2D eigenvalue weighted by Gasteiger charge is 2.08. The molecule has 0 saturated carbocycles. The zero-order valence-electron chi connectivity index (χ0n) is 8.50. The van der Waals surface area contributed by atoms with Crippen molar-refractivity contribution in [2.75, 3.05) is 26.7 Å². The maximum atomic E-state index is 11.1. The summed E-state index contributed by atoms with van der Waals surface area (Å²) in [6.07, 6.45) is 0. The van der Waals surface area contributed by atoms with E-state index in [0.29, 0.717) is 19.6 Å². The van der Waals surface area contributed by atoms with Crippen LogP contribution in [0.25, 0.3) is 0 Å². The number of nitrogens with zero attached hydrogens (tertiary/aromatic N) is 2. The number of hydrogen-bond donors (Lipinski definition) is 1. The van der Waals surface area contributed by atoms with E-state index < -0.39 is 0 Å². The Balaban J connectivity index is 3.68. The Bertz CT molecular complexity index is 198. The summed E-state index contributed by atoms with van der Waals surface area (Å²) < 4.78 is 0. The normalized spacial score (nSPS) is 12.2. The Hall–Kier alpha value is -1.08. The highest BCUT2D eigenvalue weighted by molar-refractivity contribution is 5.77. The molecule has 13 heavy (non-hydrogen) atoms. The third kappa shape index (κ3) is 6.12. The van der Waals surface area contributed by atoms with E-state index in [1.165, 1.54) is 0 Å². The van der Waals surface area contributed by atoms with Gasteiger partial charge < -0.3 is 5.32 Å². The quantitative estimate of drug-likeness (QED) is 0.663. The van der Waals surface area contributed by atoms with Crippen LogP contribution in [0.5, 0.6) is 0 Å². The van der Waals surface area contributed by atoms with Crippen molar-refractivity contribution in [1.82, 2.24) is 10.2 Å². The topological polar surface area (TPSA) is 56.1 Å². The molecule has 1 N–H and O–H groups in total. The first kappa shape index (κ1) is 11.9. The molecule has 0 saturated heterocycles. The molecule has 0 aromatic rings. The Kier molecular flexibility index (Phi) is 5.90. The SMILES string of the molecule is CCNC(=O)CN(C)CC(C)C#N. The van der Waals surface area contributed by atoms with Crippen molar-refractivity contribution in [3.63, 3.8) is 0 Å². The highest BCUT2D eigenvalue weighted by Crippen LogP contribution is 1.94. The van der Waals surface area contributed by atoms with Crippen molar-refractivity contribution in [3.8, 4) is 6.07 Å². The molecule has 0 aliphatic carbocycles. The number of amides is 1. The molecular weight excluding hydrogens is 166 g/mol. The first-order valence-corrected chi connectivity index (χ1v) is 4.45. The zero-order valence-corrected chi connectivity index (χ0v) is 8.50. The zero-order chi connectivity index (χ0) is 10.3. The van der Waals surface area contributed by atoms with Crippen LogP contribution in [0.4, 0.5) is 0 Å². The molecular formula is C9H17N3O. The average Bonchev–Trinajstić information content (AvgIpc) is 2.04. The van der Waals surface area contributed by atoms with Gasteiger partial charge in [0.2, 0.25) is 5.91 Å². The second-order valence-electron chi connectivity index (χ2n) is 3.18. The van der Waals surface area contributed by atoms with Crippen LogP contribution in [-0.4, -0.2) is 37.5 Å². The first-order valence-electron chi connectivity index (χ1n) is 4.45. The second kappa shape index (κ2) is 6.44. The predicted molar refractivity (Wildman–Crippen MR) is 51.0 cm³/mol. The van der Waals surface area contributed by atoms with Gasteiger partial charge in [0.15, 0.2) is 0 Å². The van der Waals surface area contributed by atoms with Crippen LogP contribution in [0.15, 0.2) is 0 Å². The Morgan fingerprint density at radius 2 is 2.31 bits per heavy atom. The molecule has 0 spiro atoms. The van der Waals surface area contributed by atoms with Gasteiger partial charge in [-0.1, -0.05) is 0 Å². The van der Waals surface area contributed by atoms with Gasteiger partial charge in [-0.2, -0.15) is 5.26 Å². The molecule has 4 nitrogen and oxygen atoms in total. The second-order valence-corrected chi connectivity index (χ2v) is 3.18. The van der Waals surface area contributed by atoms with Crippen molar-refractivity contribution in [3.05, 3.63) is 0 Å². The maximum Gasteiger partial charge on any atom is 0.234 e. The lowest BCUT2D eigenvalue weighted by atomic mass is 10.2. The van der Waals surface area contributed by atoms with Crippen LogP contribution in [0.3, 0.4) is 0 Å². The van der Waals surface area contributed by atoms with Crippen molar-refractivity contribution >= 4 is 5.91 Å². The Labute approximate surface area is 79.5 Å². The van der Waals surface area contributed by atoms with Gasteiger partial charge in [-0.15, -0.1) is 0 Å². The molecule has 0 bridgehead atoms. The fraction of sp³-hybridized carbons (Fsp3) is 0.778. The van der Waals surface area contributed by atoms with Crippen LogP contribution >= 0.6 is 0 Å². The number of rotatable bonds is 5. The number of carbonyl (C=O) groups is 1. The summed E-state index contributed by atoms with van der Waals surface area (Å²) in [4.78, 5) is 12.9. The third-order valence-electron chi connectivity index (χ3n) is 1.59. The molecule has 0 aromatic carbocycles. The summed E-state index contributed by atoms with van der Waals surface area (Å²) >= 11 is 0. The van der Waals surface area contributed by atoms with Gasteiger partial charge in [-0.3, -0.25) is 9.69 Å². The van der Waals surface area contributed by atoms with Crippen molar-refractivity contribution in [2.45, 2.75) is 13.8 Å². The minimum atomic E-state index is -0.0283. The van der Waals surface area contributed by atoms with E-state index in [-0.39, 0.29) is 11.8 Å². The lowest BCUT2D eigenvalue weighted by Gasteiger charge is -2.16. The molecule has 1 amide bonds. The molecule has 4 heteroatoms. The minimum absolute atomic E-state index is 0.00939. The fourth-order valence-electron chi connectivity index (χ4n) is 1.07. The van der Waals surface area contributed by atoms with Gasteiger partial charge in [0.25, 0.3) is 0 Å². The van der Waals surface area contributed by atoms with Crippen molar-refractivity contribution < 1.29 is 4.79 Å². The molecule has 0 aromatic heterocycles. The summed E-state index contributed by atoms with van der Waals surface area (Å²) in [6, 6.07) is 2.13. The lowest BCUT2D eigenvalue weighted by Crippen LogP contribution is -2.36. The number of nitriles is 1. The fourth-order valence-corrected chi connectivity index (χ4v) is 1.07. The van der Waals surface area contributed by atoms with Crippen molar-refractivity contribution in [2.24, 2.45) is 5.92 Å². The summed E-state index contributed by atoms with van der Waals surface area (Å²) in [6.45, 7) is 5.37. The van der Waals surface area contributed by atoms with E-state index in [4.69, 9.17) is 5.26 Å². The number of nitrogens with one attached hydrogen (secondary N) is 1. The maximum absolute atomic E-state index is 11.1. The molecule has 74 valence electrons. The molecule has 1 unspecified atom stereocenters. The third-order valence-corrected chi connectivity index (χ3v) is 1.59.